The van der Waals surface area contributed by atoms with E-state index in [0.29, 0.717) is 19.1 Å². The van der Waals surface area contributed by atoms with Crippen LogP contribution in [-0.2, 0) is 9.53 Å². The molecule has 7 heteroatoms. The van der Waals surface area contributed by atoms with Gasteiger partial charge in [0.05, 0.1) is 18.1 Å². The van der Waals surface area contributed by atoms with Crippen LogP contribution in [0, 0.1) is 17.7 Å². The van der Waals surface area contributed by atoms with Crippen LogP contribution in [0.4, 0.5) is 4.39 Å². The number of carbonyl (C=O) groups excluding carboxylic acids is 2. The SMILES string of the molecule is COCCN1CCC(C(=O)N2CCC(CNC(=O)c3ccccc3F)CC2)C1. The van der Waals surface area contributed by atoms with Crippen LogP contribution < -0.4 is 5.32 Å². The molecule has 1 N–H and O–H groups in total. The molecule has 0 bridgehead atoms. The van der Waals surface area contributed by atoms with Crippen LogP contribution >= 0.6 is 0 Å². The molecule has 0 radical (unpaired) electrons. The molecule has 1 unspecified atom stereocenters. The Morgan fingerprint density at radius 3 is 2.64 bits per heavy atom. The maximum atomic E-state index is 13.7. The summed E-state index contributed by atoms with van der Waals surface area (Å²) in [6.45, 7) is 5.33. The van der Waals surface area contributed by atoms with Crippen LogP contribution in [0.3, 0.4) is 0 Å². The number of methoxy groups -OCH3 is 1. The van der Waals surface area contributed by atoms with Gasteiger partial charge in [-0.2, -0.15) is 0 Å². The number of nitrogens with one attached hydrogen (secondary N) is 1. The van der Waals surface area contributed by atoms with Crippen LogP contribution in [0.25, 0.3) is 0 Å². The molecular formula is C21H30FN3O3. The molecule has 1 aromatic carbocycles. The minimum absolute atomic E-state index is 0.0781. The van der Waals surface area contributed by atoms with Gasteiger partial charge in [-0.1, -0.05) is 12.1 Å². The Bertz CT molecular complexity index is 677. The number of halogens is 1. The zero-order valence-electron chi connectivity index (χ0n) is 16.5. The standard InChI is InChI=1S/C21H30FN3O3/c1-28-13-12-24-9-8-17(15-24)21(27)25-10-6-16(7-11-25)14-23-20(26)18-4-2-3-5-19(18)22/h2-5,16-17H,6-15H2,1H3,(H,23,26). The molecule has 2 heterocycles. The summed E-state index contributed by atoms with van der Waals surface area (Å²) < 4.78 is 18.8. The molecule has 2 saturated heterocycles. The number of piperidine rings is 1. The lowest BCUT2D eigenvalue weighted by atomic mass is 9.95. The summed E-state index contributed by atoms with van der Waals surface area (Å²) in [6.07, 6.45) is 2.65. The van der Waals surface area contributed by atoms with Gasteiger partial charge in [-0.05, 0) is 43.9 Å². The summed E-state index contributed by atoms with van der Waals surface area (Å²) >= 11 is 0. The molecule has 0 spiro atoms. The molecule has 28 heavy (non-hydrogen) atoms. The number of hydrogen-bond donors (Lipinski definition) is 1. The fraction of sp³-hybridized carbons (Fsp3) is 0.619. The molecule has 1 aromatic rings. The topological polar surface area (TPSA) is 61.9 Å². The molecule has 3 rings (SSSR count). The minimum Gasteiger partial charge on any atom is -0.383 e. The fourth-order valence-corrected chi connectivity index (χ4v) is 4.05. The predicted molar refractivity (Wildman–Crippen MR) is 104 cm³/mol. The van der Waals surface area contributed by atoms with E-state index in [1.807, 2.05) is 4.90 Å². The van der Waals surface area contributed by atoms with Crippen molar-refractivity contribution in [3.63, 3.8) is 0 Å². The average molecular weight is 391 g/mol. The zero-order chi connectivity index (χ0) is 19.9. The first-order chi connectivity index (χ1) is 13.6. The van der Waals surface area contributed by atoms with Gasteiger partial charge < -0.3 is 19.9 Å². The Kier molecular flexibility index (Phi) is 7.39. The van der Waals surface area contributed by atoms with E-state index < -0.39 is 5.82 Å². The summed E-state index contributed by atoms with van der Waals surface area (Å²) in [5.74, 6) is -0.209. The van der Waals surface area contributed by atoms with E-state index in [9.17, 15) is 14.0 Å². The highest BCUT2D eigenvalue weighted by atomic mass is 19.1. The number of hydrogen-bond acceptors (Lipinski definition) is 4. The number of benzene rings is 1. The fourth-order valence-electron chi connectivity index (χ4n) is 4.05. The number of amides is 2. The zero-order valence-corrected chi connectivity index (χ0v) is 16.5. The Labute approximate surface area is 166 Å². The molecule has 2 amide bonds. The quantitative estimate of drug-likeness (QED) is 0.770. The van der Waals surface area contributed by atoms with Gasteiger partial charge in [0.1, 0.15) is 5.82 Å². The van der Waals surface area contributed by atoms with E-state index in [1.54, 1.807) is 19.2 Å². The lowest BCUT2D eigenvalue weighted by Gasteiger charge is -2.33. The number of ether oxygens (including phenoxy) is 1. The van der Waals surface area contributed by atoms with E-state index in [0.717, 1.165) is 52.0 Å². The molecular weight excluding hydrogens is 361 g/mol. The van der Waals surface area contributed by atoms with E-state index in [4.69, 9.17) is 4.74 Å². The van der Waals surface area contributed by atoms with Crippen LogP contribution in [0.2, 0.25) is 0 Å². The van der Waals surface area contributed by atoms with E-state index >= 15 is 0 Å². The van der Waals surface area contributed by atoms with Crippen molar-refractivity contribution < 1.29 is 18.7 Å². The number of rotatable bonds is 7. The Balaban J connectivity index is 1.39. The van der Waals surface area contributed by atoms with Crippen molar-refractivity contribution >= 4 is 11.8 Å². The van der Waals surface area contributed by atoms with E-state index in [-0.39, 0.29) is 23.3 Å². The van der Waals surface area contributed by atoms with Crippen molar-refractivity contribution in [3.8, 4) is 0 Å². The first-order valence-corrected chi connectivity index (χ1v) is 10.1. The number of nitrogens with zero attached hydrogens (tertiary/aromatic N) is 2. The monoisotopic (exact) mass is 391 g/mol. The van der Waals surface area contributed by atoms with Gasteiger partial charge in [-0.25, -0.2) is 4.39 Å². The summed E-state index contributed by atoms with van der Waals surface area (Å²) in [5.41, 5.74) is 0.0781. The van der Waals surface area contributed by atoms with Crippen LogP contribution in [-0.4, -0.2) is 74.6 Å². The molecule has 1 atom stereocenters. The molecule has 0 aromatic heterocycles. The van der Waals surface area contributed by atoms with Gasteiger partial charge in [0, 0.05) is 39.8 Å². The third-order valence-electron chi connectivity index (χ3n) is 5.83. The highest BCUT2D eigenvalue weighted by Crippen LogP contribution is 2.23. The second-order valence-corrected chi connectivity index (χ2v) is 7.74. The maximum Gasteiger partial charge on any atom is 0.254 e. The van der Waals surface area contributed by atoms with Crippen molar-refractivity contribution in [1.82, 2.24) is 15.1 Å². The van der Waals surface area contributed by atoms with Crippen molar-refractivity contribution in [2.24, 2.45) is 11.8 Å². The molecule has 6 nitrogen and oxygen atoms in total. The van der Waals surface area contributed by atoms with Crippen molar-refractivity contribution in [3.05, 3.63) is 35.6 Å². The van der Waals surface area contributed by atoms with Gasteiger partial charge in [0.15, 0.2) is 0 Å². The Hall–Kier alpha value is -1.99. The van der Waals surface area contributed by atoms with Crippen molar-refractivity contribution in [1.29, 1.82) is 0 Å². The van der Waals surface area contributed by atoms with Crippen LogP contribution in [0.1, 0.15) is 29.6 Å². The molecule has 0 saturated carbocycles. The molecule has 2 fully saturated rings. The average Bonchev–Trinajstić information content (AvgIpc) is 3.19. The van der Waals surface area contributed by atoms with E-state index in [2.05, 4.69) is 10.2 Å². The third kappa shape index (κ3) is 5.29. The van der Waals surface area contributed by atoms with Crippen molar-refractivity contribution in [2.45, 2.75) is 19.3 Å². The summed E-state index contributed by atoms with van der Waals surface area (Å²) in [4.78, 5) is 29.2. The lowest BCUT2D eigenvalue weighted by Crippen LogP contribution is -2.44. The second-order valence-electron chi connectivity index (χ2n) is 7.74. The molecule has 2 aliphatic rings. The maximum absolute atomic E-state index is 13.7. The van der Waals surface area contributed by atoms with Gasteiger partial charge in [-0.15, -0.1) is 0 Å². The molecule has 154 valence electrons. The normalized spacial score (nSPS) is 21.1. The van der Waals surface area contributed by atoms with Gasteiger partial charge in [-0.3, -0.25) is 9.59 Å². The highest BCUT2D eigenvalue weighted by Gasteiger charge is 2.33. The second kappa shape index (κ2) is 9.98. The summed E-state index contributed by atoms with van der Waals surface area (Å²) in [5, 5.41) is 2.83. The van der Waals surface area contributed by atoms with Crippen molar-refractivity contribution in [2.75, 3.05) is 53.0 Å². The number of likely N-dealkylation sites (tertiary alicyclic amines) is 2. The smallest absolute Gasteiger partial charge is 0.254 e. The molecule has 0 aliphatic carbocycles. The summed E-state index contributed by atoms with van der Waals surface area (Å²) in [6, 6.07) is 6.00. The van der Waals surface area contributed by atoms with Crippen LogP contribution in [0.15, 0.2) is 24.3 Å². The summed E-state index contributed by atoms with van der Waals surface area (Å²) in [7, 11) is 1.70. The Morgan fingerprint density at radius 1 is 1.18 bits per heavy atom. The minimum atomic E-state index is -0.503. The van der Waals surface area contributed by atoms with E-state index in [1.165, 1.54) is 12.1 Å². The lowest BCUT2D eigenvalue weighted by molar-refractivity contribution is -0.136. The Morgan fingerprint density at radius 2 is 1.93 bits per heavy atom. The number of carbonyl (C=O) groups is 2. The predicted octanol–water partition coefficient (Wildman–Crippen LogP) is 1.76. The largest absolute Gasteiger partial charge is 0.383 e. The van der Waals surface area contributed by atoms with Gasteiger partial charge in [0.2, 0.25) is 5.91 Å². The highest BCUT2D eigenvalue weighted by molar-refractivity contribution is 5.94. The van der Waals surface area contributed by atoms with Crippen LogP contribution in [0.5, 0.6) is 0 Å². The van der Waals surface area contributed by atoms with Gasteiger partial charge in [0.25, 0.3) is 5.91 Å². The first-order valence-electron chi connectivity index (χ1n) is 10.1. The van der Waals surface area contributed by atoms with Gasteiger partial charge >= 0.3 is 0 Å². The third-order valence-corrected chi connectivity index (χ3v) is 5.83. The molecule has 2 aliphatic heterocycles. The first kappa shape index (κ1) is 20.7.